The molecule has 2 aromatic heterocycles. The number of aromatic amines is 1. The maximum Gasteiger partial charge on any atom is 0.332 e. The van der Waals surface area contributed by atoms with E-state index < -0.39 is 11.2 Å². The van der Waals surface area contributed by atoms with Gasteiger partial charge < -0.3 is 4.74 Å². The van der Waals surface area contributed by atoms with Crippen LogP contribution in [0, 0.1) is 0 Å². The predicted molar refractivity (Wildman–Crippen MR) is 117 cm³/mol. The molecule has 29 heavy (non-hydrogen) atoms. The van der Waals surface area contributed by atoms with E-state index in [4.69, 9.17) is 9.72 Å². The molecule has 7 heteroatoms. The zero-order valence-electron chi connectivity index (χ0n) is 16.6. The maximum absolute atomic E-state index is 12.4. The van der Waals surface area contributed by atoms with Crippen LogP contribution in [-0.4, -0.2) is 21.6 Å². The van der Waals surface area contributed by atoms with Gasteiger partial charge in [0.1, 0.15) is 10.8 Å². The Labute approximate surface area is 171 Å². The third kappa shape index (κ3) is 3.49. The van der Waals surface area contributed by atoms with Crippen molar-refractivity contribution in [1.29, 1.82) is 0 Å². The Balaban J connectivity index is 2.05. The molecule has 0 amide bonds. The Morgan fingerprint density at radius 2 is 1.86 bits per heavy atom. The molecular weight excluding hydrogens is 386 g/mol. The highest BCUT2D eigenvalue weighted by atomic mass is 32.1. The number of nitrogens with zero attached hydrogens (tertiary/aromatic N) is 2. The van der Waals surface area contributed by atoms with Crippen LogP contribution in [-0.2, 0) is 5.41 Å². The number of fused-ring (bicyclic) bond motifs is 1. The van der Waals surface area contributed by atoms with Gasteiger partial charge in [-0.05, 0) is 29.7 Å². The van der Waals surface area contributed by atoms with Crippen LogP contribution in [0.15, 0.2) is 58.3 Å². The number of hydrogen-bond donors (Lipinski definition) is 1. The van der Waals surface area contributed by atoms with E-state index in [-0.39, 0.29) is 5.41 Å². The second-order valence-corrected chi connectivity index (χ2v) is 8.82. The first-order valence-electron chi connectivity index (χ1n) is 9.19. The zero-order valence-corrected chi connectivity index (χ0v) is 17.5. The fraction of sp³-hybridized carbons (Fsp3) is 0.227. The highest BCUT2D eigenvalue weighted by Crippen LogP contribution is 2.43. The van der Waals surface area contributed by atoms with Crippen LogP contribution < -0.4 is 16.0 Å². The first kappa shape index (κ1) is 19.1. The van der Waals surface area contributed by atoms with Crippen molar-refractivity contribution in [2.75, 3.05) is 7.11 Å². The molecule has 0 fully saturated rings. The molecule has 148 valence electrons. The van der Waals surface area contributed by atoms with Gasteiger partial charge in [-0.15, -0.1) is 11.3 Å². The highest BCUT2D eigenvalue weighted by Gasteiger charge is 2.25. The second kappa shape index (κ2) is 7.00. The van der Waals surface area contributed by atoms with E-state index in [1.165, 1.54) is 16.8 Å². The molecule has 4 rings (SSSR count). The highest BCUT2D eigenvalue weighted by molar-refractivity contribution is 7.21. The van der Waals surface area contributed by atoms with Crippen LogP contribution in [0.5, 0.6) is 5.75 Å². The smallest absolute Gasteiger partial charge is 0.332 e. The van der Waals surface area contributed by atoms with Gasteiger partial charge in [-0.3, -0.25) is 14.3 Å². The van der Waals surface area contributed by atoms with Gasteiger partial charge in [0, 0.05) is 17.8 Å². The van der Waals surface area contributed by atoms with E-state index in [0.717, 1.165) is 32.1 Å². The van der Waals surface area contributed by atoms with Gasteiger partial charge in [0.25, 0.3) is 5.56 Å². The van der Waals surface area contributed by atoms with Crippen molar-refractivity contribution in [1.82, 2.24) is 14.5 Å². The van der Waals surface area contributed by atoms with Crippen molar-refractivity contribution in [3.05, 3.63) is 75.1 Å². The minimum atomic E-state index is -0.488. The third-order valence-electron chi connectivity index (χ3n) is 4.71. The summed E-state index contributed by atoms with van der Waals surface area (Å²) >= 11 is 1.57. The molecule has 0 saturated heterocycles. The number of thiazole rings is 1. The summed E-state index contributed by atoms with van der Waals surface area (Å²) in [5, 5.41) is 0.813. The Kier molecular flexibility index (Phi) is 4.62. The number of rotatable bonds is 3. The average molecular weight is 407 g/mol. The van der Waals surface area contributed by atoms with Gasteiger partial charge in [0.05, 0.1) is 28.6 Å². The molecule has 0 aliphatic carbocycles. The summed E-state index contributed by atoms with van der Waals surface area (Å²) in [6.45, 7) is 6.27. The Morgan fingerprint density at radius 1 is 1.10 bits per heavy atom. The lowest BCUT2D eigenvalue weighted by Gasteiger charge is -2.25. The number of para-hydroxylation sites is 1. The van der Waals surface area contributed by atoms with Crippen molar-refractivity contribution in [2.24, 2.45) is 0 Å². The number of hydrogen-bond acceptors (Lipinski definition) is 5. The number of ether oxygens (including phenoxy) is 1. The quantitative estimate of drug-likeness (QED) is 0.554. The minimum absolute atomic E-state index is 0.238. The summed E-state index contributed by atoms with van der Waals surface area (Å²) in [4.78, 5) is 31.0. The fourth-order valence-corrected chi connectivity index (χ4v) is 4.28. The van der Waals surface area contributed by atoms with Crippen molar-refractivity contribution >= 4 is 21.6 Å². The minimum Gasteiger partial charge on any atom is -0.496 e. The largest absolute Gasteiger partial charge is 0.496 e. The molecular formula is C22H21N3O3S. The number of benzene rings is 2. The molecule has 0 spiro atoms. The zero-order chi connectivity index (χ0) is 20.8. The maximum atomic E-state index is 12.4. The molecule has 2 aromatic carbocycles. The SMILES string of the molecule is COc1c(-c2nc3ccccc3s2)cc(-n2ccc(=O)[nH]c2=O)cc1C(C)(C)C. The van der Waals surface area contributed by atoms with E-state index in [2.05, 4.69) is 25.8 Å². The number of H-pyrrole nitrogens is 1. The van der Waals surface area contributed by atoms with E-state index in [1.807, 2.05) is 36.4 Å². The Morgan fingerprint density at radius 3 is 2.52 bits per heavy atom. The Bertz CT molecular complexity index is 1290. The standard InChI is InChI=1S/C22H21N3O3S/c1-22(2,3)15-12-13(25-10-9-18(26)24-21(25)27)11-14(19(15)28-4)20-23-16-7-5-6-8-17(16)29-20/h5-12H,1-4H3,(H,24,26,27). The third-order valence-corrected chi connectivity index (χ3v) is 5.78. The molecule has 2 heterocycles. The normalized spacial score (nSPS) is 11.7. The van der Waals surface area contributed by atoms with E-state index >= 15 is 0 Å². The molecule has 0 aliphatic heterocycles. The molecule has 0 bridgehead atoms. The number of nitrogens with one attached hydrogen (secondary N) is 1. The van der Waals surface area contributed by atoms with Crippen molar-refractivity contribution in [3.63, 3.8) is 0 Å². The lowest BCUT2D eigenvalue weighted by atomic mass is 9.84. The van der Waals surface area contributed by atoms with Crippen LogP contribution in [0.2, 0.25) is 0 Å². The van der Waals surface area contributed by atoms with E-state index in [9.17, 15) is 9.59 Å². The molecule has 0 unspecified atom stereocenters. The van der Waals surface area contributed by atoms with Gasteiger partial charge in [-0.2, -0.15) is 0 Å². The lowest BCUT2D eigenvalue weighted by Crippen LogP contribution is -2.27. The monoisotopic (exact) mass is 407 g/mol. The van der Waals surface area contributed by atoms with Crippen LogP contribution >= 0.6 is 11.3 Å². The van der Waals surface area contributed by atoms with Gasteiger partial charge >= 0.3 is 5.69 Å². The first-order valence-corrected chi connectivity index (χ1v) is 10.0. The van der Waals surface area contributed by atoms with E-state index in [0.29, 0.717) is 5.69 Å². The molecule has 0 atom stereocenters. The van der Waals surface area contributed by atoms with Crippen LogP contribution in [0.3, 0.4) is 0 Å². The Hall–Kier alpha value is -3.19. The predicted octanol–water partition coefficient (Wildman–Crippen LogP) is 4.11. The lowest BCUT2D eigenvalue weighted by molar-refractivity contribution is 0.399. The van der Waals surface area contributed by atoms with E-state index in [1.54, 1.807) is 18.4 Å². The number of methoxy groups -OCH3 is 1. The van der Waals surface area contributed by atoms with Crippen molar-refractivity contribution < 1.29 is 4.74 Å². The summed E-state index contributed by atoms with van der Waals surface area (Å²) in [5.41, 5.74) is 2.17. The second-order valence-electron chi connectivity index (χ2n) is 7.79. The van der Waals surface area contributed by atoms with Gasteiger partial charge in [-0.25, -0.2) is 9.78 Å². The molecule has 4 aromatic rings. The van der Waals surface area contributed by atoms with Gasteiger partial charge in [0.15, 0.2) is 0 Å². The summed E-state index contributed by atoms with van der Waals surface area (Å²) < 4.78 is 8.32. The topological polar surface area (TPSA) is 77.0 Å². The van der Waals surface area contributed by atoms with Crippen LogP contribution in [0.1, 0.15) is 26.3 Å². The molecule has 0 aliphatic rings. The summed E-state index contributed by atoms with van der Waals surface area (Å²) in [7, 11) is 1.65. The molecule has 1 N–H and O–H groups in total. The average Bonchev–Trinajstić information content (AvgIpc) is 3.10. The van der Waals surface area contributed by atoms with Gasteiger partial charge in [0.2, 0.25) is 0 Å². The van der Waals surface area contributed by atoms with Crippen LogP contribution in [0.25, 0.3) is 26.5 Å². The molecule has 6 nitrogen and oxygen atoms in total. The molecule has 0 saturated carbocycles. The summed E-state index contributed by atoms with van der Waals surface area (Å²) in [6, 6.07) is 13.1. The van der Waals surface area contributed by atoms with Crippen LogP contribution in [0.4, 0.5) is 0 Å². The van der Waals surface area contributed by atoms with Crippen molar-refractivity contribution in [2.45, 2.75) is 26.2 Å². The van der Waals surface area contributed by atoms with Crippen molar-refractivity contribution in [3.8, 4) is 22.0 Å². The molecule has 0 radical (unpaired) electrons. The fourth-order valence-electron chi connectivity index (χ4n) is 3.30. The summed E-state index contributed by atoms with van der Waals surface area (Å²) in [5.74, 6) is 0.734. The summed E-state index contributed by atoms with van der Waals surface area (Å²) in [6.07, 6.45) is 1.48. The first-order chi connectivity index (χ1) is 13.8. The van der Waals surface area contributed by atoms with Gasteiger partial charge in [-0.1, -0.05) is 32.9 Å². The number of aromatic nitrogens is 3.